The summed E-state index contributed by atoms with van der Waals surface area (Å²) in [6.45, 7) is -0.0815. The van der Waals surface area contributed by atoms with Gasteiger partial charge in [0, 0.05) is 30.1 Å². The lowest BCUT2D eigenvalue weighted by Crippen LogP contribution is -2.23. The predicted octanol–water partition coefficient (Wildman–Crippen LogP) is 3.39. The van der Waals surface area contributed by atoms with E-state index in [0.717, 1.165) is 10.2 Å². The van der Waals surface area contributed by atoms with E-state index in [4.69, 9.17) is 16.7 Å². The van der Waals surface area contributed by atoms with Crippen LogP contribution in [0.5, 0.6) is 0 Å². The van der Waals surface area contributed by atoms with Crippen LogP contribution in [0.25, 0.3) is 11.3 Å². The maximum Gasteiger partial charge on any atom is 0.404 e. The largest absolute Gasteiger partial charge is 0.465 e. The molecule has 0 aliphatic carbocycles. The van der Waals surface area contributed by atoms with Crippen LogP contribution in [-0.2, 0) is 16.4 Å². The van der Waals surface area contributed by atoms with Crippen molar-refractivity contribution in [3.63, 3.8) is 0 Å². The molecular formula is C18H15ClFN3O4S. The number of carboxylic acid groups (broad SMARTS) is 1. The number of benzene rings is 1. The summed E-state index contributed by atoms with van der Waals surface area (Å²) >= 11 is 6.08. The van der Waals surface area contributed by atoms with Gasteiger partial charge in [0.2, 0.25) is 0 Å². The molecule has 1 aromatic carbocycles. The topological polar surface area (TPSA) is 101 Å². The Morgan fingerprint density at radius 2 is 1.93 bits per heavy atom. The molecule has 1 amide bonds. The van der Waals surface area contributed by atoms with Crippen LogP contribution in [0.15, 0.2) is 59.8 Å². The standard InChI is InChI=1S/C18H15ClFN3O4S/c19-17-14(7-4-9-21-17)16-15(20)12(8-10-22-18(24)25)11-23(16)28(26,27)13-5-2-1-3-6-13/h1-7,9,11,22H,8,10H2,(H,24,25). The number of nitrogens with one attached hydrogen (secondary N) is 1. The molecule has 0 spiro atoms. The fourth-order valence-corrected chi connectivity index (χ4v) is 4.31. The highest BCUT2D eigenvalue weighted by Crippen LogP contribution is 2.34. The molecule has 7 nitrogen and oxygen atoms in total. The summed E-state index contributed by atoms with van der Waals surface area (Å²) < 4.78 is 42.2. The second kappa shape index (κ2) is 7.99. The van der Waals surface area contributed by atoms with Crippen LogP contribution in [0.1, 0.15) is 5.56 Å². The fourth-order valence-electron chi connectivity index (χ4n) is 2.69. The van der Waals surface area contributed by atoms with Crippen molar-refractivity contribution in [2.24, 2.45) is 0 Å². The van der Waals surface area contributed by atoms with Crippen LogP contribution in [0.4, 0.5) is 9.18 Å². The second-order valence-corrected chi connectivity index (χ2v) is 7.93. The van der Waals surface area contributed by atoms with Gasteiger partial charge in [-0.1, -0.05) is 29.8 Å². The van der Waals surface area contributed by atoms with E-state index in [2.05, 4.69) is 10.3 Å². The normalized spacial score (nSPS) is 11.4. The molecule has 10 heteroatoms. The van der Waals surface area contributed by atoms with Gasteiger partial charge in [0.25, 0.3) is 10.0 Å². The molecule has 0 saturated carbocycles. The minimum absolute atomic E-state index is 0.0264. The summed E-state index contributed by atoms with van der Waals surface area (Å²) in [5.41, 5.74) is -0.117. The number of halogens is 2. The first kappa shape index (κ1) is 19.8. The van der Waals surface area contributed by atoms with Crippen molar-refractivity contribution in [2.75, 3.05) is 6.54 Å². The summed E-state index contributed by atoms with van der Waals surface area (Å²) in [5.74, 6) is -0.804. The number of aromatic nitrogens is 2. The minimum atomic E-state index is -4.12. The van der Waals surface area contributed by atoms with Crippen LogP contribution in [0, 0.1) is 5.82 Å². The molecule has 3 rings (SSSR count). The summed E-state index contributed by atoms with van der Waals surface area (Å²) in [4.78, 5) is 14.5. The molecule has 2 aromatic heterocycles. The van der Waals surface area contributed by atoms with E-state index >= 15 is 4.39 Å². The maximum atomic E-state index is 15.2. The van der Waals surface area contributed by atoms with Gasteiger partial charge in [-0.3, -0.25) is 0 Å². The van der Waals surface area contributed by atoms with Crippen LogP contribution in [-0.4, -0.2) is 35.1 Å². The molecule has 2 N–H and O–H groups in total. The van der Waals surface area contributed by atoms with E-state index in [-0.39, 0.29) is 39.8 Å². The lowest BCUT2D eigenvalue weighted by Gasteiger charge is -2.11. The monoisotopic (exact) mass is 423 g/mol. The Morgan fingerprint density at radius 3 is 2.57 bits per heavy atom. The lowest BCUT2D eigenvalue weighted by atomic mass is 10.1. The molecule has 0 saturated heterocycles. The second-order valence-electron chi connectivity index (χ2n) is 5.75. The molecule has 0 unspecified atom stereocenters. The quantitative estimate of drug-likeness (QED) is 0.592. The van der Waals surface area contributed by atoms with Crippen molar-refractivity contribution in [3.8, 4) is 11.3 Å². The van der Waals surface area contributed by atoms with Crippen molar-refractivity contribution in [3.05, 3.63) is 71.4 Å². The third-order valence-electron chi connectivity index (χ3n) is 3.97. The third kappa shape index (κ3) is 3.85. The zero-order chi connectivity index (χ0) is 20.3. The summed E-state index contributed by atoms with van der Waals surface area (Å²) in [7, 11) is -4.12. The first-order valence-electron chi connectivity index (χ1n) is 8.10. The Kier molecular flexibility index (Phi) is 5.66. The van der Waals surface area contributed by atoms with Crippen molar-refractivity contribution in [1.29, 1.82) is 0 Å². The number of pyridine rings is 1. The maximum absolute atomic E-state index is 15.2. The molecule has 0 atom stereocenters. The molecule has 28 heavy (non-hydrogen) atoms. The zero-order valence-electron chi connectivity index (χ0n) is 14.3. The van der Waals surface area contributed by atoms with Gasteiger partial charge in [-0.15, -0.1) is 0 Å². The van der Waals surface area contributed by atoms with E-state index in [9.17, 15) is 13.2 Å². The molecule has 0 aliphatic rings. The number of hydrogen-bond donors (Lipinski definition) is 2. The van der Waals surface area contributed by atoms with E-state index in [1.165, 1.54) is 30.5 Å². The van der Waals surface area contributed by atoms with Gasteiger partial charge in [-0.05, 0) is 30.7 Å². The van der Waals surface area contributed by atoms with Crippen LogP contribution >= 0.6 is 11.6 Å². The molecule has 146 valence electrons. The third-order valence-corrected chi connectivity index (χ3v) is 5.94. The van der Waals surface area contributed by atoms with Crippen molar-refractivity contribution in [1.82, 2.24) is 14.3 Å². The first-order chi connectivity index (χ1) is 13.3. The minimum Gasteiger partial charge on any atom is -0.465 e. The molecule has 0 aliphatic heterocycles. The average Bonchev–Trinajstić information content (AvgIpc) is 3.00. The first-order valence-corrected chi connectivity index (χ1v) is 9.92. The van der Waals surface area contributed by atoms with Gasteiger partial charge in [-0.2, -0.15) is 0 Å². The van der Waals surface area contributed by atoms with Gasteiger partial charge in [-0.25, -0.2) is 26.6 Å². The Morgan fingerprint density at radius 1 is 1.21 bits per heavy atom. The zero-order valence-corrected chi connectivity index (χ0v) is 15.9. The highest BCUT2D eigenvalue weighted by molar-refractivity contribution is 7.90. The summed E-state index contributed by atoms with van der Waals surface area (Å²) in [6, 6.07) is 10.5. The van der Waals surface area contributed by atoms with Crippen LogP contribution < -0.4 is 5.32 Å². The average molecular weight is 424 g/mol. The number of carbonyl (C=O) groups is 1. The molecule has 2 heterocycles. The SMILES string of the molecule is O=C(O)NCCc1cn(S(=O)(=O)c2ccccc2)c(-c2cccnc2Cl)c1F. The van der Waals surface area contributed by atoms with Gasteiger partial charge >= 0.3 is 6.09 Å². The van der Waals surface area contributed by atoms with Gasteiger partial charge in [0.15, 0.2) is 5.82 Å². The van der Waals surface area contributed by atoms with E-state index in [0.29, 0.717) is 0 Å². The molecule has 0 bridgehead atoms. The van der Waals surface area contributed by atoms with E-state index in [1.54, 1.807) is 18.2 Å². The summed E-state index contributed by atoms with van der Waals surface area (Å²) in [5, 5.41) is 10.7. The van der Waals surface area contributed by atoms with E-state index in [1.807, 2.05) is 0 Å². The lowest BCUT2D eigenvalue weighted by molar-refractivity contribution is 0.194. The Labute approximate surface area is 165 Å². The summed E-state index contributed by atoms with van der Waals surface area (Å²) in [6.07, 6.45) is 1.24. The van der Waals surface area contributed by atoms with Gasteiger partial charge < -0.3 is 10.4 Å². The molecular weight excluding hydrogens is 409 g/mol. The Balaban J connectivity index is 2.18. The molecule has 0 fully saturated rings. The smallest absolute Gasteiger partial charge is 0.404 e. The highest BCUT2D eigenvalue weighted by Gasteiger charge is 2.27. The number of hydrogen-bond acceptors (Lipinski definition) is 4. The van der Waals surface area contributed by atoms with E-state index < -0.39 is 21.9 Å². The van der Waals surface area contributed by atoms with Crippen molar-refractivity contribution < 1.29 is 22.7 Å². The van der Waals surface area contributed by atoms with Gasteiger partial charge in [0.05, 0.1) is 4.90 Å². The Hall–Kier alpha value is -2.91. The van der Waals surface area contributed by atoms with Crippen LogP contribution in [0.3, 0.4) is 0 Å². The Bertz CT molecular complexity index is 1120. The molecule has 3 aromatic rings. The number of nitrogens with zero attached hydrogens (tertiary/aromatic N) is 2. The highest BCUT2D eigenvalue weighted by atomic mass is 35.5. The van der Waals surface area contributed by atoms with Crippen LogP contribution in [0.2, 0.25) is 5.15 Å². The van der Waals surface area contributed by atoms with Crippen molar-refractivity contribution >= 4 is 27.7 Å². The van der Waals surface area contributed by atoms with Crippen molar-refractivity contribution in [2.45, 2.75) is 11.3 Å². The predicted molar refractivity (Wildman–Crippen MR) is 101 cm³/mol. The number of amides is 1. The number of rotatable bonds is 6. The van der Waals surface area contributed by atoms with Gasteiger partial charge in [0.1, 0.15) is 10.8 Å². The fraction of sp³-hybridized carbons (Fsp3) is 0.111. The molecule has 0 radical (unpaired) electrons.